The van der Waals surface area contributed by atoms with E-state index in [9.17, 15) is 9.59 Å². The first-order valence-electron chi connectivity index (χ1n) is 7.85. The Hall–Kier alpha value is -2.62. The third-order valence-electron chi connectivity index (χ3n) is 3.66. The summed E-state index contributed by atoms with van der Waals surface area (Å²) in [6, 6.07) is 18.0. The Morgan fingerprint density at radius 2 is 1.30 bits per heavy atom. The number of carbonyl (C=O) groups is 2. The number of nitrogens with zero attached hydrogens (tertiary/aromatic N) is 2. The third-order valence-corrected chi connectivity index (χ3v) is 3.66. The fourth-order valence-electron chi connectivity index (χ4n) is 2.30. The van der Waals surface area contributed by atoms with E-state index >= 15 is 0 Å². The van der Waals surface area contributed by atoms with E-state index in [0.29, 0.717) is 17.7 Å². The topological polar surface area (TPSA) is 40.6 Å². The van der Waals surface area contributed by atoms with Crippen molar-refractivity contribution >= 4 is 11.8 Å². The van der Waals surface area contributed by atoms with Crippen LogP contribution in [-0.4, -0.2) is 35.4 Å². The van der Waals surface area contributed by atoms with Crippen LogP contribution in [0, 0.1) is 0 Å². The van der Waals surface area contributed by atoms with E-state index in [1.165, 1.54) is 10.0 Å². The van der Waals surface area contributed by atoms with Crippen molar-refractivity contribution in [3.05, 3.63) is 71.8 Å². The highest BCUT2D eigenvalue weighted by atomic mass is 16.2. The number of rotatable bonds is 5. The summed E-state index contributed by atoms with van der Waals surface area (Å²) >= 11 is 0. The van der Waals surface area contributed by atoms with Crippen molar-refractivity contribution in [3.8, 4) is 0 Å². The van der Waals surface area contributed by atoms with Crippen molar-refractivity contribution in [2.45, 2.75) is 19.8 Å². The Morgan fingerprint density at radius 3 is 1.78 bits per heavy atom. The lowest BCUT2D eigenvalue weighted by Crippen LogP contribution is -2.48. The van der Waals surface area contributed by atoms with Crippen LogP contribution < -0.4 is 0 Å². The minimum absolute atomic E-state index is 0.161. The number of hydrogen-bond acceptors (Lipinski definition) is 2. The molecule has 0 aliphatic carbocycles. The molecule has 2 aromatic carbocycles. The highest BCUT2D eigenvalue weighted by Gasteiger charge is 2.24. The average Bonchev–Trinajstić information content (AvgIpc) is 2.62. The summed E-state index contributed by atoms with van der Waals surface area (Å²) in [5, 5.41) is 2.94. The summed E-state index contributed by atoms with van der Waals surface area (Å²) in [5.41, 5.74) is 1.15. The lowest BCUT2D eigenvalue weighted by molar-refractivity contribution is 0.00731. The Balaban J connectivity index is 2.23. The molecule has 2 aromatic rings. The highest BCUT2D eigenvalue weighted by Crippen LogP contribution is 2.12. The van der Waals surface area contributed by atoms with Crippen LogP contribution in [0.1, 0.15) is 40.5 Å². The van der Waals surface area contributed by atoms with Crippen LogP contribution >= 0.6 is 0 Å². The van der Waals surface area contributed by atoms with Gasteiger partial charge in [0, 0.05) is 24.7 Å². The number of hydrogen-bond donors (Lipinski definition) is 0. The smallest absolute Gasteiger partial charge is 0.267 e. The summed E-state index contributed by atoms with van der Waals surface area (Å²) in [6.07, 6.45) is 1.79. The summed E-state index contributed by atoms with van der Waals surface area (Å²) in [4.78, 5) is 25.4. The zero-order valence-corrected chi connectivity index (χ0v) is 13.6. The molecule has 0 saturated heterocycles. The van der Waals surface area contributed by atoms with E-state index < -0.39 is 0 Å². The van der Waals surface area contributed by atoms with Crippen LogP contribution in [0.4, 0.5) is 0 Å². The standard InChI is InChI=1S/C19H22N2O2/c1-3-4-15-21(19(23)17-13-9-6-10-14-17)20(2)18(22)16-11-7-5-8-12-16/h5-14H,3-4,15H2,1-2H3. The van der Waals surface area contributed by atoms with Gasteiger partial charge in [0.1, 0.15) is 0 Å². The van der Waals surface area contributed by atoms with Gasteiger partial charge in [0.25, 0.3) is 11.8 Å². The van der Waals surface area contributed by atoms with Gasteiger partial charge in [-0.25, -0.2) is 5.01 Å². The molecule has 4 nitrogen and oxygen atoms in total. The predicted molar refractivity (Wildman–Crippen MR) is 90.9 cm³/mol. The molecular weight excluding hydrogens is 288 g/mol. The maximum Gasteiger partial charge on any atom is 0.272 e. The molecule has 0 radical (unpaired) electrons. The molecule has 4 heteroatoms. The molecule has 0 heterocycles. The van der Waals surface area contributed by atoms with E-state index in [0.717, 1.165) is 12.8 Å². The molecule has 0 fully saturated rings. The summed E-state index contributed by atoms with van der Waals surface area (Å²) < 4.78 is 0. The van der Waals surface area contributed by atoms with Gasteiger partial charge >= 0.3 is 0 Å². The quantitative estimate of drug-likeness (QED) is 0.791. The predicted octanol–water partition coefficient (Wildman–Crippen LogP) is 3.62. The molecule has 2 rings (SSSR count). The minimum atomic E-state index is -0.189. The third kappa shape index (κ3) is 4.19. The SMILES string of the molecule is CCCCN(C(=O)c1ccccc1)N(C)C(=O)c1ccccc1. The maximum absolute atomic E-state index is 12.8. The Morgan fingerprint density at radius 1 is 0.826 bits per heavy atom. The molecule has 0 spiro atoms. The molecule has 0 aliphatic rings. The van der Waals surface area contributed by atoms with Crippen LogP contribution in [0.15, 0.2) is 60.7 Å². The van der Waals surface area contributed by atoms with Crippen LogP contribution in [0.5, 0.6) is 0 Å². The van der Waals surface area contributed by atoms with Gasteiger partial charge in [0.05, 0.1) is 0 Å². The van der Waals surface area contributed by atoms with E-state index in [2.05, 4.69) is 6.92 Å². The molecule has 0 aliphatic heterocycles. The van der Waals surface area contributed by atoms with Gasteiger partial charge in [-0.1, -0.05) is 49.7 Å². The molecule has 0 atom stereocenters. The molecule has 0 aromatic heterocycles. The fourth-order valence-corrected chi connectivity index (χ4v) is 2.30. The van der Waals surface area contributed by atoms with Gasteiger partial charge in [-0.2, -0.15) is 0 Å². The van der Waals surface area contributed by atoms with Gasteiger partial charge in [-0.05, 0) is 30.7 Å². The lowest BCUT2D eigenvalue weighted by atomic mass is 10.2. The van der Waals surface area contributed by atoms with Gasteiger partial charge in [-0.3, -0.25) is 14.6 Å². The minimum Gasteiger partial charge on any atom is -0.267 e. The number of amides is 2. The van der Waals surface area contributed by atoms with Crippen molar-refractivity contribution in [3.63, 3.8) is 0 Å². The zero-order valence-electron chi connectivity index (χ0n) is 13.6. The molecule has 0 N–H and O–H groups in total. The van der Waals surface area contributed by atoms with Crippen LogP contribution in [0.3, 0.4) is 0 Å². The molecule has 120 valence electrons. The zero-order chi connectivity index (χ0) is 16.7. The Labute approximate surface area is 137 Å². The van der Waals surface area contributed by atoms with Crippen molar-refractivity contribution in [2.75, 3.05) is 13.6 Å². The van der Waals surface area contributed by atoms with E-state index in [4.69, 9.17) is 0 Å². The maximum atomic E-state index is 12.8. The van der Waals surface area contributed by atoms with Crippen molar-refractivity contribution in [1.29, 1.82) is 0 Å². The Kier molecular flexibility index (Phi) is 5.92. The average molecular weight is 310 g/mol. The van der Waals surface area contributed by atoms with Crippen LogP contribution in [-0.2, 0) is 0 Å². The molecular formula is C19H22N2O2. The number of unbranched alkanes of at least 4 members (excludes halogenated alkanes) is 1. The first kappa shape index (κ1) is 16.7. The second-order valence-corrected chi connectivity index (χ2v) is 5.34. The molecule has 2 amide bonds. The number of hydrazine groups is 1. The van der Waals surface area contributed by atoms with Gasteiger partial charge in [0.15, 0.2) is 0 Å². The van der Waals surface area contributed by atoms with Crippen LogP contribution in [0.2, 0.25) is 0 Å². The molecule has 0 saturated carbocycles. The van der Waals surface area contributed by atoms with Gasteiger partial charge < -0.3 is 0 Å². The van der Waals surface area contributed by atoms with E-state index in [1.54, 1.807) is 31.3 Å². The number of carbonyl (C=O) groups excluding carboxylic acids is 2. The molecule has 0 unspecified atom stereocenters. The van der Waals surface area contributed by atoms with Gasteiger partial charge in [0.2, 0.25) is 0 Å². The summed E-state index contributed by atoms with van der Waals surface area (Å²) in [7, 11) is 1.64. The van der Waals surface area contributed by atoms with Gasteiger partial charge in [-0.15, -0.1) is 0 Å². The van der Waals surface area contributed by atoms with Crippen LogP contribution in [0.25, 0.3) is 0 Å². The second kappa shape index (κ2) is 8.13. The summed E-state index contributed by atoms with van der Waals surface area (Å²) in [6.45, 7) is 2.57. The monoisotopic (exact) mass is 310 g/mol. The Bertz CT molecular complexity index is 641. The highest BCUT2D eigenvalue weighted by molar-refractivity contribution is 5.98. The molecule has 23 heavy (non-hydrogen) atoms. The van der Waals surface area contributed by atoms with Crippen molar-refractivity contribution in [1.82, 2.24) is 10.0 Å². The summed E-state index contributed by atoms with van der Waals surface area (Å²) in [5.74, 6) is -0.350. The fraction of sp³-hybridized carbons (Fsp3) is 0.263. The second-order valence-electron chi connectivity index (χ2n) is 5.34. The first-order chi connectivity index (χ1) is 11.1. The lowest BCUT2D eigenvalue weighted by Gasteiger charge is -2.32. The van der Waals surface area contributed by atoms with Crippen molar-refractivity contribution in [2.24, 2.45) is 0 Å². The largest absolute Gasteiger partial charge is 0.272 e. The number of benzene rings is 2. The van der Waals surface area contributed by atoms with E-state index in [-0.39, 0.29) is 11.8 Å². The molecule has 0 bridgehead atoms. The van der Waals surface area contributed by atoms with Crippen molar-refractivity contribution < 1.29 is 9.59 Å². The first-order valence-corrected chi connectivity index (χ1v) is 7.85. The van der Waals surface area contributed by atoms with E-state index in [1.807, 2.05) is 36.4 Å². The normalized spacial score (nSPS) is 10.2.